The molecule has 0 bridgehead atoms. The van der Waals surface area contributed by atoms with Gasteiger partial charge in [0.25, 0.3) is 0 Å². The van der Waals surface area contributed by atoms with Crippen LogP contribution in [0.5, 0.6) is 0 Å². The minimum atomic E-state index is -3.29. The summed E-state index contributed by atoms with van der Waals surface area (Å²) in [5.74, 6) is -2.04. The topological polar surface area (TPSA) is 115 Å². The Morgan fingerprint density at radius 3 is 2.31 bits per heavy atom. The van der Waals surface area contributed by atoms with Crippen molar-refractivity contribution in [3.05, 3.63) is 0 Å². The van der Waals surface area contributed by atoms with Gasteiger partial charge in [0.1, 0.15) is 6.54 Å². The number of amides is 2. The molecule has 0 aromatic heterocycles. The fraction of sp³-hybridized carbons (Fsp3) is 0.812. The van der Waals surface area contributed by atoms with Crippen LogP contribution in [0.25, 0.3) is 0 Å². The van der Waals surface area contributed by atoms with Crippen molar-refractivity contribution in [1.29, 1.82) is 0 Å². The Bertz CT molecular complexity index is 657. The first-order valence-electron chi connectivity index (χ1n) is 8.97. The zero-order chi connectivity index (χ0) is 19.5. The largest absolute Gasteiger partial charge is 0.480 e. The molecule has 2 saturated heterocycles. The lowest BCUT2D eigenvalue weighted by atomic mass is 10.0. The van der Waals surface area contributed by atoms with Crippen LogP contribution in [0, 0.1) is 5.92 Å². The molecule has 1 unspecified atom stereocenters. The molecule has 0 aliphatic carbocycles. The summed E-state index contributed by atoms with van der Waals surface area (Å²) in [5.41, 5.74) is 0. The highest BCUT2D eigenvalue weighted by Gasteiger charge is 2.39. The monoisotopic (exact) mass is 389 g/mol. The zero-order valence-electron chi connectivity index (χ0n) is 15.3. The third kappa shape index (κ3) is 4.53. The van der Waals surface area contributed by atoms with Gasteiger partial charge in [0.15, 0.2) is 0 Å². The molecule has 2 amide bonds. The van der Waals surface area contributed by atoms with Gasteiger partial charge >= 0.3 is 5.97 Å². The molecule has 2 fully saturated rings. The van der Waals surface area contributed by atoms with E-state index in [9.17, 15) is 27.9 Å². The molecule has 0 aromatic rings. The summed E-state index contributed by atoms with van der Waals surface area (Å²) in [6.07, 6.45) is 0.901. The zero-order valence-corrected chi connectivity index (χ0v) is 16.1. The molecular weight excluding hydrogens is 362 g/mol. The number of carboxylic acid groups (broad SMARTS) is 1. The molecule has 0 spiro atoms. The third-order valence-electron chi connectivity index (χ3n) is 5.16. The number of carbonyl (C=O) groups excluding carboxylic acids is 2. The first-order chi connectivity index (χ1) is 12.2. The molecule has 2 aliphatic heterocycles. The van der Waals surface area contributed by atoms with Crippen molar-refractivity contribution >= 4 is 27.8 Å². The van der Waals surface area contributed by atoms with Crippen LogP contribution in [0.3, 0.4) is 0 Å². The summed E-state index contributed by atoms with van der Waals surface area (Å²) in [6.45, 7) is 4.37. The fourth-order valence-corrected chi connectivity index (χ4v) is 4.76. The van der Waals surface area contributed by atoms with E-state index in [4.69, 9.17) is 0 Å². The minimum Gasteiger partial charge on any atom is -0.480 e. The van der Waals surface area contributed by atoms with Crippen LogP contribution >= 0.6 is 0 Å². The average Bonchev–Trinajstić information content (AvgIpc) is 3.00. The molecule has 9 nitrogen and oxygen atoms in total. The molecule has 148 valence electrons. The van der Waals surface area contributed by atoms with Crippen molar-refractivity contribution in [3.63, 3.8) is 0 Å². The SMILES string of the molecule is CCN1CC(C(=O)N(CC(=O)O)C2CCN(S(=O)(=O)CC)CC2)CC1=O. The number of nitrogens with zero attached hydrogens (tertiary/aromatic N) is 3. The van der Waals surface area contributed by atoms with Gasteiger partial charge in [-0.1, -0.05) is 0 Å². The Balaban J connectivity index is 2.07. The highest BCUT2D eigenvalue weighted by atomic mass is 32.2. The average molecular weight is 389 g/mol. The maximum atomic E-state index is 12.9. The summed E-state index contributed by atoms with van der Waals surface area (Å²) in [5, 5.41) is 9.20. The fourth-order valence-electron chi connectivity index (χ4n) is 3.62. The van der Waals surface area contributed by atoms with Crippen LogP contribution in [-0.4, -0.2) is 89.9 Å². The van der Waals surface area contributed by atoms with Gasteiger partial charge in [-0.05, 0) is 26.7 Å². The van der Waals surface area contributed by atoms with Crippen LogP contribution in [0.15, 0.2) is 0 Å². The van der Waals surface area contributed by atoms with E-state index in [0.29, 0.717) is 25.9 Å². The van der Waals surface area contributed by atoms with Crippen LogP contribution in [-0.2, 0) is 24.4 Å². The van der Waals surface area contributed by atoms with E-state index in [1.165, 1.54) is 9.21 Å². The second-order valence-corrected chi connectivity index (χ2v) is 8.98. The van der Waals surface area contributed by atoms with E-state index >= 15 is 0 Å². The van der Waals surface area contributed by atoms with Gasteiger partial charge in [-0.3, -0.25) is 14.4 Å². The van der Waals surface area contributed by atoms with E-state index in [1.807, 2.05) is 6.92 Å². The van der Waals surface area contributed by atoms with Crippen LogP contribution < -0.4 is 0 Å². The number of likely N-dealkylation sites (tertiary alicyclic amines) is 1. The van der Waals surface area contributed by atoms with E-state index < -0.39 is 28.5 Å². The summed E-state index contributed by atoms with van der Waals surface area (Å²) in [6, 6.07) is -0.326. The number of hydrogen-bond acceptors (Lipinski definition) is 5. The number of piperidine rings is 1. The number of rotatable bonds is 7. The molecule has 1 N–H and O–H groups in total. The molecule has 2 aliphatic rings. The molecule has 2 heterocycles. The van der Waals surface area contributed by atoms with Gasteiger partial charge in [-0.2, -0.15) is 0 Å². The minimum absolute atomic E-state index is 0.0203. The van der Waals surface area contributed by atoms with Crippen molar-refractivity contribution in [1.82, 2.24) is 14.1 Å². The van der Waals surface area contributed by atoms with E-state index in [0.717, 1.165) is 0 Å². The lowest BCUT2D eigenvalue weighted by molar-refractivity contribution is -0.148. The third-order valence-corrected chi connectivity index (χ3v) is 7.04. The first-order valence-corrected chi connectivity index (χ1v) is 10.6. The number of hydrogen-bond donors (Lipinski definition) is 1. The van der Waals surface area contributed by atoms with E-state index in [1.54, 1.807) is 11.8 Å². The molecule has 2 rings (SSSR count). The van der Waals surface area contributed by atoms with Crippen molar-refractivity contribution in [2.45, 2.75) is 39.2 Å². The second-order valence-electron chi connectivity index (χ2n) is 6.72. The van der Waals surface area contributed by atoms with Crippen molar-refractivity contribution in [2.24, 2.45) is 5.92 Å². The highest BCUT2D eigenvalue weighted by Crippen LogP contribution is 2.25. The smallest absolute Gasteiger partial charge is 0.323 e. The van der Waals surface area contributed by atoms with Gasteiger partial charge in [-0.15, -0.1) is 0 Å². The van der Waals surface area contributed by atoms with Crippen LogP contribution in [0.4, 0.5) is 0 Å². The van der Waals surface area contributed by atoms with Crippen molar-refractivity contribution < 1.29 is 27.9 Å². The maximum Gasteiger partial charge on any atom is 0.323 e. The summed E-state index contributed by atoms with van der Waals surface area (Å²) >= 11 is 0. The molecule has 0 saturated carbocycles. The first kappa shape index (κ1) is 20.6. The predicted molar refractivity (Wildman–Crippen MR) is 93.8 cm³/mol. The Morgan fingerprint density at radius 2 is 1.85 bits per heavy atom. The van der Waals surface area contributed by atoms with Crippen molar-refractivity contribution in [2.75, 3.05) is 38.5 Å². The van der Waals surface area contributed by atoms with Gasteiger partial charge in [0.2, 0.25) is 21.8 Å². The van der Waals surface area contributed by atoms with E-state index in [2.05, 4.69) is 0 Å². The number of carboxylic acids is 1. The van der Waals surface area contributed by atoms with Gasteiger partial charge in [0.05, 0.1) is 11.7 Å². The Labute approximate surface area is 154 Å². The van der Waals surface area contributed by atoms with E-state index in [-0.39, 0.29) is 43.1 Å². The van der Waals surface area contributed by atoms with Gasteiger partial charge < -0.3 is 14.9 Å². The predicted octanol–water partition coefficient (Wildman–Crippen LogP) is -0.418. The Kier molecular flexibility index (Phi) is 6.62. The molecule has 26 heavy (non-hydrogen) atoms. The number of aliphatic carboxylic acids is 1. The standard InChI is InChI=1S/C16H27N3O6S/c1-3-17-10-12(9-14(17)20)16(23)19(11-15(21)22)13-5-7-18(8-6-13)26(24,25)4-2/h12-13H,3-11H2,1-2H3,(H,21,22). The van der Waals surface area contributed by atoms with Crippen LogP contribution in [0.2, 0.25) is 0 Å². The number of carbonyl (C=O) groups is 3. The summed E-state index contributed by atoms with van der Waals surface area (Å²) in [7, 11) is -3.29. The summed E-state index contributed by atoms with van der Waals surface area (Å²) in [4.78, 5) is 38.9. The lowest BCUT2D eigenvalue weighted by Gasteiger charge is -2.38. The Morgan fingerprint density at radius 1 is 1.23 bits per heavy atom. The Hall–Kier alpha value is -1.68. The summed E-state index contributed by atoms with van der Waals surface area (Å²) < 4.78 is 25.3. The van der Waals surface area contributed by atoms with Gasteiger partial charge in [0, 0.05) is 38.6 Å². The molecule has 0 radical (unpaired) electrons. The maximum absolute atomic E-state index is 12.9. The second kappa shape index (κ2) is 8.34. The number of sulfonamides is 1. The quantitative estimate of drug-likeness (QED) is 0.632. The molecule has 10 heteroatoms. The van der Waals surface area contributed by atoms with Crippen molar-refractivity contribution in [3.8, 4) is 0 Å². The lowest BCUT2D eigenvalue weighted by Crippen LogP contribution is -2.52. The molecular formula is C16H27N3O6S. The molecule has 0 aromatic carbocycles. The normalized spacial score (nSPS) is 22.6. The van der Waals surface area contributed by atoms with Crippen LogP contribution in [0.1, 0.15) is 33.1 Å². The van der Waals surface area contributed by atoms with Gasteiger partial charge in [-0.25, -0.2) is 12.7 Å². The molecule has 1 atom stereocenters. The highest BCUT2D eigenvalue weighted by molar-refractivity contribution is 7.89.